The van der Waals surface area contributed by atoms with Crippen LogP contribution in [0.4, 0.5) is 5.69 Å². The first-order valence-corrected chi connectivity index (χ1v) is 9.08. The highest BCUT2D eigenvalue weighted by molar-refractivity contribution is 7.12. The second-order valence-electron chi connectivity index (χ2n) is 5.30. The topological polar surface area (TPSA) is 79.5 Å². The largest absolute Gasteiger partial charge is 0.493 e. The van der Waals surface area contributed by atoms with Gasteiger partial charge in [-0.15, -0.1) is 11.3 Å². The molecule has 0 fully saturated rings. The fourth-order valence-corrected chi connectivity index (χ4v) is 3.27. The Morgan fingerprint density at radius 1 is 1.19 bits per heavy atom. The Morgan fingerprint density at radius 3 is 2.70 bits per heavy atom. The maximum Gasteiger partial charge on any atom is 0.196 e. The smallest absolute Gasteiger partial charge is 0.196 e. The van der Waals surface area contributed by atoms with E-state index < -0.39 is 0 Å². The van der Waals surface area contributed by atoms with Crippen LogP contribution in [-0.4, -0.2) is 24.9 Å². The fourth-order valence-electron chi connectivity index (χ4n) is 2.31. The van der Waals surface area contributed by atoms with Gasteiger partial charge in [-0.3, -0.25) is 5.43 Å². The van der Waals surface area contributed by atoms with Crippen molar-refractivity contribution >= 4 is 34.3 Å². The number of nitriles is 1. The number of hydrogen-bond donors (Lipinski definition) is 1. The second kappa shape index (κ2) is 8.54. The quantitative estimate of drug-likeness (QED) is 0.475. The lowest BCUT2D eigenvalue weighted by Crippen LogP contribution is -2.01. The number of hydrogen-bond acceptors (Lipinski definition) is 7. The summed E-state index contributed by atoms with van der Waals surface area (Å²) >= 11 is 7.28. The van der Waals surface area contributed by atoms with Crippen LogP contribution in [0.15, 0.2) is 52.9 Å². The fraction of sp³-hybridized carbons (Fsp3) is 0.105. The maximum atomic E-state index is 9.43. The van der Waals surface area contributed by atoms with Gasteiger partial charge in [0.1, 0.15) is 6.07 Å². The molecule has 0 saturated heterocycles. The molecule has 6 nitrogen and oxygen atoms in total. The lowest BCUT2D eigenvalue weighted by Gasteiger charge is -2.08. The lowest BCUT2D eigenvalue weighted by atomic mass is 10.1. The van der Waals surface area contributed by atoms with Gasteiger partial charge < -0.3 is 9.47 Å². The molecule has 0 saturated carbocycles. The molecule has 8 heteroatoms. The van der Waals surface area contributed by atoms with Crippen LogP contribution >= 0.6 is 22.9 Å². The van der Waals surface area contributed by atoms with E-state index in [1.807, 2.05) is 23.6 Å². The highest BCUT2D eigenvalue weighted by Crippen LogP contribution is 2.32. The van der Waals surface area contributed by atoms with Gasteiger partial charge in [-0.25, -0.2) is 4.98 Å². The summed E-state index contributed by atoms with van der Waals surface area (Å²) in [5, 5.41) is 16.5. The van der Waals surface area contributed by atoms with Crippen molar-refractivity contribution in [2.45, 2.75) is 0 Å². The monoisotopic (exact) mass is 398 g/mol. The molecule has 0 bridgehead atoms. The summed E-state index contributed by atoms with van der Waals surface area (Å²) in [6.45, 7) is 0. The van der Waals surface area contributed by atoms with Crippen LogP contribution in [0.25, 0.3) is 11.3 Å². The lowest BCUT2D eigenvalue weighted by molar-refractivity contribution is 0.355. The number of nitrogens with zero attached hydrogens (tertiary/aromatic N) is 3. The molecule has 2 aromatic carbocycles. The molecule has 0 aliphatic rings. The van der Waals surface area contributed by atoms with Crippen molar-refractivity contribution in [1.82, 2.24) is 4.98 Å². The third-order valence-electron chi connectivity index (χ3n) is 3.61. The number of halogens is 1. The van der Waals surface area contributed by atoms with Crippen molar-refractivity contribution in [3.05, 3.63) is 57.9 Å². The van der Waals surface area contributed by atoms with Gasteiger partial charge in [0.05, 0.1) is 25.6 Å². The van der Waals surface area contributed by atoms with Crippen LogP contribution in [0.3, 0.4) is 0 Å². The molecule has 0 radical (unpaired) electrons. The number of hydrazone groups is 1. The summed E-state index contributed by atoms with van der Waals surface area (Å²) in [5.74, 6) is 1.25. The summed E-state index contributed by atoms with van der Waals surface area (Å²) in [4.78, 5) is 4.52. The zero-order valence-electron chi connectivity index (χ0n) is 14.6. The molecule has 0 spiro atoms. The minimum atomic E-state index is 0.187. The Morgan fingerprint density at radius 2 is 2.00 bits per heavy atom. The van der Waals surface area contributed by atoms with Crippen LogP contribution in [0, 0.1) is 11.3 Å². The first kappa shape index (κ1) is 18.7. The molecule has 1 heterocycles. The van der Waals surface area contributed by atoms with Gasteiger partial charge in [-0.05, 0) is 36.4 Å². The third kappa shape index (κ3) is 4.37. The highest BCUT2D eigenvalue weighted by atomic mass is 35.5. The molecule has 0 amide bonds. The van der Waals surface area contributed by atoms with Crippen LogP contribution in [0.2, 0.25) is 5.02 Å². The number of nitrogens with one attached hydrogen (secondary N) is 1. The maximum absolute atomic E-state index is 9.43. The van der Waals surface area contributed by atoms with Crippen LogP contribution in [-0.2, 0) is 0 Å². The molecule has 27 heavy (non-hydrogen) atoms. The van der Waals surface area contributed by atoms with Crippen molar-refractivity contribution in [3.8, 4) is 28.8 Å². The molecule has 136 valence electrons. The van der Waals surface area contributed by atoms with Gasteiger partial charge in [0.25, 0.3) is 0 Å². The van der Waals surface area contributed by atoms with Gasteiger partial charge in [0.15, 0.2) is 22.2 Å². The Hall–Kier alpha value is -3.08. The molecule has 1 N–H and O–H groups in total. The average Bonchev–Trinajstić information content (AvgIpc) is 3.18. The number of ether oxygens (including phenoxy) is 2. The summed E-state index contributed by atoms with van der Waals surface area (Å²) < 4.78 is 10.6. The van der Waals surface area contributed by atoms with Crippen molar-refractivity contribution in [2.24, 2.45) is 5.10 Å². The number of aromatic nitrogens is 1. The minimum absolute atomic E-state index is 0.187. The molecule has 0 atom stereocenters. The molecular formula is C19H15ClN4O2S. The molecule has 3 aromatic rings. The SMILES string of the molecule is COc1ccc(-c2csc(C(C#N)=NNc3cccc(Cl)c3)n2)cc1OC. The standard InChI is InChI=1S/C19H15ClN4O2S/c1-25-17-7-6-12(8-18(17)26-2)16-11-27-19(22-16)15(10-21)24-23-14-5-3-4-13(20)9-14/h3-9,11,23H,1-2H3. The number of thiazole rings is 1. The third-order valence-corrected chi connectivity index (χ3v) is 4.70. The number of rotatable bonds is 6. The number of anilines is 1. The summed E-state index contributed by atoms with van der Waals surface area (Å²) in [5.41, 5.74) is 5.28. The van der Waals surface area contributed by atoms with E-state index in [0.717, 1.165) is 11.3 Å². The molecule has 3 rings (SSSR count). The highest BCUT2D eigenvalue weighted by Gasteiger charge is 2.12. The van der Waals surface area contributed by atoms with E-state index in [4.69, 9.17) is 21.1 Å². The number of benzene rings is 2. The van der Waals surface area contributed by atoms with E-state index in [2.05, 4.69) is 21.6 Å². The van der Waals surface area contributed by atoms with E-state index in [0.29, 0.717) is 27.2 Å². The first-order valence-electron chi connectivity index (χ1n) is 7.82. The summed E-state index contributed by atoms with van der Waals surface area (Å²) in [6, 6.07) is 14.7. The van der Waals surface area contributed by atoms with E-state index in [9.17, 15) is 5.26 Å². The Bertz CT molecular complexity index is 1030. The van der Waals surface area contributed by atoms with Gasteiger partial charge in [-0.1, -0.05) is 17.7 Å². The molecular weight excluding hydrogens is 384 g/mol. The van der Waals surface area contributed by atoms with Crippen LogP contribution < -0.4 is 14.9 Å². The predicted octanol–water partition coefficient (Wildman–Crippen LogP) is 4.82. The van der Waals surface area contributed by atoms with Gasteiger partial charge >= 0.3 is 0 Å². The first-order chi connectivity index (χ1) is 13.1. The van der Waals surface area contributed by atoms with Gasteiger partial charge in [0, 0.05) is 16.0 Å². The van der Waals surface area contributed by atoms with Crippen molar-refractivity contribution in [2.75, 3.05) is 19.6 Å². The number of methoxy groups -OCH3 is 2. The van der Waals surface area contributed by atoms with E-state index in [-0.39, 0.29) is 5.71 Å². The predicted molar refractivity (Wildman–Crippen MR) is 108 cm³/mol. The van der Waals surface area contributed by atoms with Gasteiger partial charge in [0.2, 0.25) is 0 Å². The molecule has 0 aliphatic carbocycles. The van der Waals surface area contributed by atoms with Crippen LogP contribution in [0.5, 0.6) is 11.5 Å². The Kier molecular flexibility index (Phi) is 5.91. The molecule has 1 aromatic heterocycles. The minimum Gasteiger partial charge on any atom is -0.493 e. The molecule has 0 unspecified atom stereocenters. The van der Waals surface area contributed by atoms with Crippen molar-refractivity contribution in [1.29, 1.82) is 5.26 Å². The Balaban J connectivity index is 1.85. The summed E-state index contributed by atoms with van der Waals surface area (Å²) in [6.07, 6.45) is 0. The normalized spacial score (nSPS) is 11.0. The zero-order chi connectivity index (χ0) is 19.2. The summed E-state index contributed by atoms with van der Waals surface area (Å²) in [7, 11) is 3.16. The van der Waals surface area contributed by atoms with E-state index >= 15 is 0 Å². The zero-order valence-corrected chi connectivity index (χ0v) is 16.1. The van der Waals surface area contributed by atoms with Crippen molar-refractivity contribution in [3.63, 3.8) is 0 Å². The van der Waals surface area contributed by atoms with Gasteiger partial charge in [-0.2, -0.15) is 10.4 Å². The van der Waals surface area contributed by atoms with E-state index in [1.54, 1.807) is 38.5 Å². The Labute approximate surface area is 165 Å². The van der Waals surface area contributed by atoms with E-state index in [1.165, 1.54) is 11.3 Å². The second-order valence-corrected chi connectivity index (χ2v) is 6.60. The van der Waals surface area contributed by atoms with Crippen molar-refractivity contribution < 1.29 is 9.47 Å². The van der Waals surface area contributed by atoms with Crippen LogP contribution in [0.1, 0.15) is 5.01 Å². The molecule has 0 aliphatic heterocycles. The average molecular weight is 399 g/mol.